The van der Waals surface area contributed by atoms with Gasteiger partial charge in [0.1, 0.15) is 5.01 Å². The molecule has 4 rings (SSSR count). The number of hydrogen-bond acceptors (Lipinski definition) is 4. The predicted molar refractivity (Wildman–Crippen MR) is 105 cm³/mol. The first-order chi connectivity index (χ1) is 12.8. The zero-order valence-corrected chi connectivity index (χ0v) is 14.7. The minimum Gasteiger partial charge on any atom is -0.361 e. The van der Waals surface area contributed by atoms with Crippen LogP contribution in [-0.2, 0) is 11.2 Å². The van der Waals surface area contributed by atoms with Crippen molar-refractivity contribution in [2.45, 2.75) is 6.42 Å². The van der Waals surface area contributed by atoms with E-state index in [4.69, 9.17) is 0 Å². The highest BCUT2D eigenvalue weighted by atomic mass is 32.1. The topological polar surface area (TPSA) is 70.1 Å². The van der Waals surface area contributed by atoms with Crippen LogP contribution in [0.25, 0.3) is 21.5 Å². The van der Waals surface area contributed by atoms with Crippen LogP contribution in [0.1, 0.15) is 11.3 Å². The minimum atomic E-state index is -0.189. The Kier molecular flexibility index (Phi) is 4.57. The molecule has 0 unspecified atom stereocenters. The highest BCUT2D eigenvalue weighted by molar-refractivity contribution is 7.13. The third-order valence-electron chi connectivity index (χ3n) is 3.93. The van der Waals surface area contributed by atoms with Gasteiger partial charge in [-0.15, -0.1) is 11.3 Å². The Hall–Kier alpha value is -3.25. The smallest absolute Gasteiger partial charge is 0.246 e. The Bertz CT molecular complexity index is 1070. The number of amides is 1. The van der Waals surface area contributed by atoms with Crippen LogP contribution in [0.5, 0.6) is 0 Å². The molecule has 2 aromatic carbocycles. The van der Waals surface area contributed by atoms with Gasteiger partial charge in [-0.3, -0.25) is 4.79 Å². The minimum absolute atomic E-state index is 0.189. The van der Waals surface area contributed by atoms with Crippen molar-refractivity contribution in [3.05, 3.63) is 77.4 Å². The van der Waals surface area contributed by atoms with E-state index in [2.05, 4.69) is 20.5 Å². The first-order valence-corrected chi connectivity index (χ1v) is 9.05. The first-order valence-electron chi connectivity index (χ1n) is 8.17. The van der Waals surface area contributed by atoms with Gasteiger partial charge in [0.25, 0.3) is 0 Å². The molecule has 0 aliphatic rings. The number of aromatic nitrogens is 2. The van der Waals surface area contributed by atoms with E-state index in [1.165, 1.54) is 11.3 Å². The fraction of sp³-hybridized carbons (Fsp3) is 0.0500. The Morgan fingerprint density at radius 2 is 1.96 bits per heavy atom. The zero-order chi connectivity index (χ0) is 17.8. The average molecular weight is 360 g/mol. The summed E-state index contributed by atoms with van der Waals surface area (Å²) in [7, 11) is 0. The molecule has 2 N–H and O–H groups in total. The van der Waals surface area contributed by atoms with Gasteiger partial charge in [-0.25, -0.2) is 10.4 Å². The second-order valence-electron chi connectivity index (χ2n) is 5.77. The fourth-order valence-corrected chi connectivity index (χ4v) is 3.51. The van der Waals surface area contributed by atoms with Gasteiger partial charge in [0.05, 0.1) is 18.3 Å². The van der Waals surface area contributed by atoms with Crippen LogP contribution in [0.3, 0.4) is 0 Å². The molecular weight excluding hydrogens is 344 g/mol. The van der Waals surface area contributed by atoms with Crippen molar-refractivity contribution in [1.29, 1.82) is 0 Å². The molecule has 5 nitrogen and oxygen atoms in total. The largest absolute Gasteiger partial charge is 0.361 e. The molecule has 0 spiro atoms. The van der Waals surface area contributed by atoms with Gasteiger partial charge >= 0.3 is 0 Å². The summed E-state index contributed by atoms with van der Waals surface area (Å²) in [4.78, 5) is 19.8. The van der Waals surface area contributed by atoms with E-state index in [1.807, 2.05) is 66.2 Å². The molecular formula is C20H16N4OS. The molecule has 26 heavy (non-hydrogen) atoms. The van der Waals surface area contributed by atoms with E-state index < -0.39 is 0 Å². The molecule has 1 amide bonds. The number of thiazole rings is 1. The van der Waals surface area contributed by atoms with Crippen molar-refractivity contribution in [3.63, 3.8) is 0 Å². The van der Waals surface area contributed by atoms with Gasteiger partial charge in [0.15, 0.2) is 0 Å². The van der Waals surface area contributed by atoms with Crippen LogP contribution >= 0.6 is 11.3 Å². The number of rotatable bonds is 5. The van der Waals surface area contributed by atoms with E-state index in [9.17, 15) is 4.79 Å². The van der Waals surface area contributed by atoms with Gasteiger partial charge in [0.2, 0.25) is 5.91 Å². The molecule has 0 saturated heterocycles. The van der Waals surface area contributed by atoms with Gasteiger partial charge in [-0.05, 0) is 6.07 Å². The van der Waals surface area contributed by atoms with Crippen LogP contribution in [-0.4, -0.2) is 22.1 Å². The molecule has 0 saturated carbocycles. The summed E-state index contributed by atoms with van der Waals surface area (Å²) in [5.41, 5.74) is 6.34. The number of carbonyl (C=O) groups is 1. The first kappa shape index (κ1) is 16.2. The van der Waals surface area contributed by atoms with Gasteiger partial charge in [-0.1, -0.05) is 48.5 Å². The van der Waals surface area contributed by atoms with E-state index in [1.54, 1.807) is 6.21 Å². The summed E-state index contributed by atoms with van der Waals surface area (Å²) >= 11 is 1.53. The quantitative estimate of drug-likeness (QED) is 0.417. The lowest BCUT2D eigenvalue weighted by Crippen LogP contribution is -2.19. The Labute approximate surface area is 154 Å². The number of para-hydroxylation sites is 1. The molecule has 0 aliphatic heterocycles. The van der Waals surface area contributed by atoms with Crippen molar-refractivity contribution in [2.75, 3.05) is 0 Å². The molecule has 0 aliphatic carbocycles. The second-order valence-corrected chi connectivity index (χ2v) is 6.63. The molecule has 2 aromatic heterocycles. The standard InChI is InChI=1S/C20H16N4OS/c25-19(10-16-13-26-20(23-16)14-6-2-1-3-7-14)24-22-12-15-11-21-18-9-5-4-8-17(15)18/h1-9,11-13,21H,10H2,(H,24,25)/b22-12+. The number of nitrogens with zero attached hydrogens (tertiary/aromatic N) is 2. The lowest BCUT2D eigenvalue weighted by Gasteiger charge is -1.97. The lowest BCUT2D eigenvalue weighted by molar-refractivity contribution is -0.120. The van der Waals surface area contributed by atoms with E-state index in [0.29, 0.717) is 0 Å². The summed E-state index contributed by atoms with van der Waals surface area (Å²) in [5, 5.41) is 7.94. The molecule has 4 aromatic rings. The number of aromatic amines is 1. The summed E-state index contributed by atoms with van der Waals surface area (Å²) in [6, 6.07) is 17.9. The van der Waals surface area contributed by atoms with E-state index in [0.717, 1.165) is 32.7 Å². The normalized spacial score (nSPS) is 11.2. The number of hydrogen-bond donors (Lipinski definition) is 2. The number of nitrogens with one attached hydrogen (secondary N) is 2. The van der Waals surface area contributed by atoms with Crippen molar-refractivity contribution in [1.82, 2.24) is 15.4 Å². The van der Waals surface area contributed by atoms with Crippen LogP contribution in [0.15, 0.2) is 71.3 Å². The number of benzene rings is 2. The second kappa shape index (κ2) is 7.33. The van der Waals surface area contributed by atoms with Crippen molar-refractivity contribution in [2.24, 2.45) is 5.10 Å². The maximum atomic E-state index is 12.1. The SMILES string of the molecule is O=C(Cc1csc(-c2ccccc2)n1)N/N=C/c1c[nH]c2ccccc12. The third-order valence-corrected chi connectivity index (χ3v) is 4.87. The van der Waals surface area contributed by atoms with Crippen molar-refractivity contribution >= 4 is 34.4 Å². The van der Waals surface area contributed by atoms with Gasteiger partial charge < -0.3 is 4.98 Å². The summed E-state index contributed by atoms with van der Waals surface area (Å²) in [5.74, 6) is -0.189. The monoisotopic (exact) mass is 360 g/mol. The Morgan fingerprint density at radius 3 is 2.85 bits per heavy atom. The predicted octanol–water partition coefficient (Wildman–Crippen LogP) is 3.98. The molecule has 0 atom stereocenters. The number of H-pyrrole nitrogens is 1. The molecule has 128 valence electrons. The average Bonchev–Trinajstić information content (AvgIpc) is 3.30. The number of fused-ring (bicyclic) bond motifs is 1. The maximum absolute atomic E-state index is 12.1. The van der Waals surface area contributed by atoms with Crippen LogP contribution in [0.4, 0.5) is 0 Å². The van der Waals surface area contributed by atoms with Crippen LogP contribution in [0.2, 0.25) is 0 Å². The van der Waals surface area contributed by atoms with E-state index >= 15 is 0 Å². The number of carbonyl (C=O) groups excluding carboxylic acids is 1. The van der Waals surface area contributed by atoms with Gasteiger partial charge in [-0.2, -0.15) is 5.10 Å². The lowest BCUT2D eigenvalue weighted by atomic mass is 10.2. The maximum Gasteiger partial charge on any atom is 0.246 e. The summed E-state index contributed by atoms with van der Waals surface area (Å²) in [6.45, 7) is 0. The summed E-state index contributed by atoms with van der Waals surface area (Å²) in [6.07, 6.45) is 3.72. The van der Waals surface area contributed by atoms with Gasteiger partial charge in [0, 0.05) is 33.6 Å². The highest BCUT2D eigenvalue weighted by Crippen LogP contribution is 2.23. The molecule has 0 radical (unpaired) electrons. The highest BCUT2D eigenvalue weighted by Gasteiger charge is 2.08. The fourth-order valence-electron chi connectivity index (χ4n) is 2.68. The third kappa shape index (κ3) is 3.55. The Balaban J connectivity index is 1.38. The van der Waals surface area contributed by atoms with Crippen molar-refractivity contribution < 1.29 is 4.79 Å². The molecule has 0 bridgehead atoms. The number of hydrazone groups is 1. The zero-order valence-electron chi connectivity index (χ0n) is 13.8. The molecule has 2 heterocycles. The Morgan fingerprint density at radius 1 is 1.15 bits per heavy atom. The van der Waals surface area contributed by atoms with Crippen LogP contribution < -0.4 is 5.43 Å². The van der Waals surface area contributed by atoms with E-state index in [-0.39, 0.29) is 12.3 Å². The molecule has 6 heteroatoms. The van der Waals surface area contributed by atoms with Crippen LogP contribution in [0, 0.1) is 0 Å². The van der Waals surface area contributed by atoms with Crippen molar-refractivity contribution in [3.8, 4) is 10.6 Å². The summed E-state index contributed by atoms with van der Waals surface area (Å²) < 4.78 is 0. The molecule has 0 fully saturated rings.